The SMILES string of the molecule is C[C@H]1C(=O)C(C#N)=C[C@@]2(C)c3nc(-c4cccc5cnccc45)nc(-c4ccccc4F)c3CC[C@H]12. The first-order valence-corrected chi connectivity index (χ1v) is 12.1. The maximum Gasteiger partial charge on any atom is 0.176 e. The van der Waals surface area contributed by atoms with Crippen molar-refractivity contribution in [2.45, 2.75) is 32.1 Å². The highest BCUT2D eigenvalue weighted by molar-refractivity contribution is 6.02. The number of nitrogens with zero attached hydrogens (tertiary/aromatic N) is 4. The van der Waals surface area contributed by atoms with E-state index in [1.54, 1.807) is 36.7 Å². The van der Waals surface area contributed by atoms with Crippen molar-refractivity contribution in [1.29, 1.82) is 5.26 Å². The predicted octanol–water partition coefficient (Wildman–Crippen LogP) is 5.99. The van der Waals surface area contributed by atoms with Crippen molar-refractivity contribution in [3.63, 3.8) is 0 Å². The van der Waals surface area contributed by atoms with Gasteiger partial charge in [0.2, 0.25) is 0 Å². The van der Waals surface area contributed by atoms with Crippen LogP contribution in [0.4, 0.5) is 4.39 Å². The molecular weight excluding hydrogens is 451 g/mol. The van der Waals surface area contributed by atoms with Crippen molar-refractivity contribution in [2.75, 3.05) is 0 Å². The third kappa shape index (κ3) is 3.20. The Morgan fingerprint density at radius 3 is 2.69 bits per heavy atom. The Morgan fingerprint density at radius 2 is 1.89 bits per heavy atom. The zero-order chi connectivity index (χ0) is 25.0. The number of pyridine rings is 1. The van der Waals surface area contributed by atoms with Crippen LogP contribution in [0.15, 0.2) is 72.6 Å². The molecule has 0 N–H and O–H groups in total. The van der Waals surface area contributed by atoms with Crippen LogP contribution in [0.5, 0.6) is 0 Å². The number of allylic oxidation sites excluding steroid dienone is 2. The molecule has 0 saturated carbocycles. The molecule has 2 heterocycles. The fourth-order valence-corrected chi connectivity index (χ4v) is 6.09. The number of rotatable bonds is 2. The minimum Gasteiger partial charge on any atom is -0.293 e. The number of carbonyl (C=O) groups excluding carboxylic acids is 1. The van der Waals surface area contributed by atoms with Crippen LogP contribution in [0.2, 0.25) is 0 Å². The molecule has 6 heteroatoms. The summed E-state index contributed by atoms with van der Waals surface area (Å²) >= 11 is 0. The molecule has 2 aliphatic carbocycles. The Balaban J connectivity index is 1.70. The summed E-state index contributed by atoms with van der Waals surface area (Å²) in [5.74, 6) is -0.292. The summed E-state index contributed by atoms with van der Waals surface area (Å²) in [5.41, 5.74) is 2.96. The lowest BCUT2D eigenvalue weighted by atomic mass is 9.57. The number of nitriles is 1. The second-order valence-corrected chi connectivity index (χ2v) is 9.86. The lowest BCUT2D eigenvalue weighted by Crippen LogP contribution is -2.46. The second-order valence-electron chi connectivity index (χ2n) is 9.86. The van der Waals surface area contributed by atoms with Gasteiger partial charge in [0.15, 0.2) is 11.6 Å². The smallest absolute Gasteiger partial charge is 0.176 e. The van der Waals surface area contributed by atoms with Crippen LogP contribution in [0.25, 0.3) is 33.4 Å². The van der Waals surface area contributed by atoms with E-state index in [-0.39, 0.29) is 29.0 Å². The summed E-state index contributed by atoms with van der Waals surface area (Å²) in [4.78, 5) is 27.2. The van der Waals surface area contributed by atoms with Crippen LogP contribution in [0.1, 0.15) is 31.5 Å². The van der Waals surface area contributed by atoms with Gasteiger partial charge in [-0.05, 0) is 42.3 Å². The molecule has 6 rings (SSSR count). The van der Waals surface area contributed by atoms with Gasteiger partial charge in [-0.3, -0.25) is 9.78 Å². The van der Waals surface area contributed by atoms with E-state index in [9.17, 15) is 10.1 Å². The minimum atomic E-state index is -0.657. The van der Waals surface area contributed by atoms with Gasteiger partial charge in [0.1, 0.15) is 11.9 Å². The van der Waals surface area contributed by atoms with E-state index >= 15 is 4.39 Å². The van der Waals surface area contributed by atoms with Crippen LogP contribution >= 0.6 is 0 Å². The zero-order valence-electron chi connectivity index (χ0n) is 20.0. The molecule has 0 saturated heterocycles. The molecule has 0 bridgehead atoms. The average Bonchev–Trinajstić information content (AvgIpc) is 2.90. The number of fused-ring (bicyclic) bond motifs is 4. The molecule has 5 nitrogen and oxygen atoms in total. The molecule has 2 aromatic carbocycles. The van der Waals surface area contributed by atoms with Gasteiger partial charge < -0.3 is 0 Å². The van der Waals surface area contributed by atoms with E-state index in [0.717, 1.165) is 34.0 Å². The number of Topliss-reactive ketones (excluding diaryl/α,β-unsaturated/α-hetero) is 1. The standard InChI is InChI=1S/C30H23FN4O/c1-17-24-11-10-23-26(22-7-3-4-9-25(22)31)34-29(21-8-5-6-18-16-33-13-12-20(18)21)35-28(23)30(24,2)14-19(15-32)27(17)36/h3-9,12-14,16-17,24H,10-11H2,1-2H3/t17-,24-,30-/m1/s1. The lowest BCUT2D eigenvalue weighted by molar-refractivity contribution is -0.121. The van der Waals surface area contributed by atoms with Crippen LogP contribution in [-0.2, 0) is 16.6 Å². The molecular formula is C30H23FN4O. The Hall–Kier alpha value is -4.24. The van der Waals surface area contributed by atoms with Crippen molar-refractivity contribution < 1.29 is 9.18 Å². The van der Waals surface area contributed by atoms with Gasteiger partial charge in [0.25, 0.3) is 0 Å². The molecule has 36 heavy (non-hydrogen) atoms. The van der Waals surface area contributed by atoms with E-state index < -0.39 is 5.41 Å². The molecule has 2 aliphatic rings. The van der Waals surface area contributed by atoms with Crippen molar-refractivity contribution in [3.05, 3.63) is 89.6 Å². The fourth-order valence-electron chi connectivity index (χ4n) is 6.09. The number of aromatic nitrogens is 3. The molecule has 0 spiro atoms. The Bertz CT molecular complexity index is 1630. The highest BCUT2D eigenvalue weighted by Gasteiger charge is 2.49. The van der Waals surface area contributed by atoms with Gasteiger partial charge in [-0.25, -0.2) is 14.4 Å². The maximum atomic E-state index is 15.1. The number of hydrogen-bond acceptors (Lipinski definition) is 5. The maximum absolute atomic E-state index is 15.1. The van der Waals surface area contributed by atoms with Gasteiger partial charge in [0, 0.05) is 45.8 Å². The largest absolute Gasteiger partial charge is 0.293 e. The van der Waals surface area contributed by atoms with Crippen molar-refractivity contribution >= 4 is 16.6 Å². The Labute approximate surface area is 208 Å². The van der Waals surface area contributed by atoms with Crippen molar-refractivity contribution in [1.82, 2.24) is 15.0 Å². The monoisotopic (exact) mass is 474 g/mol. The van der Waals surface area contributed by atoms with E-state index in [2.05, 4.69) is 11.1 Å². The quantitative estimate of drug-likeness (QED) is 0.357. The number of benzene rings is 2. The number of halogens is 1. The topological polar surface area (TPSA) is 79.5 Å². The zero-order valence-corrected chi connectivity index (χ0v) is 20.0. The summed E-state index contributed by atoms with van der Waals surface area (Å²) < 4.78 is 15.1. The normalized spacial score (nSPS) is 22.9. The lowest BCUT2D eigenvalue weighted by Gasteiger charge is -2.45. The molecule has 0 unspecified atom stereocenters. The van der Waals surface area contributed by atoms with Crippen LogP contribution in [0, 0.1) is 29.0 Å². The third-order valence-electron chi connectivity index (χ3n) is 7.89. The van der Waals surface area contributed by atoms with Crippen LogP contribution in [-0.4, -0.2) is 20.7 Å². The van der Waals surface area contributed by atoms with Gasteiger partial charge in [0.05, 0.1) is 17.0 Å². The summed E-state index contributed by atoms with van der Waals surface area (Å²) in [6, 6.07) is 16.6. The molecule has 0 aliphatic heterocycles. The molecule has 4 aromatic rings. The summed E-state index contributed by atoms with van der Waals surface area (Å²) in [7, 11) is 0. The molecule has 0 amide bonds. The van der Waals surface area contributed by atoms with Gasteiger partial charge in [-0.15, -0.1) is 0 Å². The first-order chi connectivity index (χ1) is 17.4. The van der Waals surface area contributed by atoms with Crippen molar-refractivity contribution in [2.24, 2.45) is 11.8 Å². The van der Waals surface area contributed by atoms with E-state index in [1.807, 2.05) is 38.1 Å². The van der Waals surface area contributed by atoms with E-state index in [1.165, 1.54) is 6.07 Å². The second kappa shape index (κ2) is 8.17. The number of hydrogen-bond donors (Lipinski definition) is 0. The molecule has 3 atom stereocenters. The number of carbonyl (C=O) groups is 1. The predicted molar refractivity (Wildman–Crippen MR) is 135 cm³/mol. The van der Waals surface area contributed by atoms with Crippen LogP contribution in [0.3, 0.4) is 0 Å². The molecule has 0 fully saturated rings. The molecule has 0 radical (unpaired) electrons. The Kier molecular flexibility index (Phi) is 5.04. The number of ketones is 1. The average molecular weight is 475 g/mol. The van der Waals surface area contributed by atoms with Crippen LogP contribution < -0.4 is 0 Å². The van der Waals surface area contributed by atoms with E-state index in [4.69, 9.17) is 9.97 Å². The van der Waals surface area contributed by atoms with Crippen molar-refractivity contribution in [3.8, 4) is 28.7 Å². The van der Waals surface area contributed by atoms with Gasteiger partial charge in [-0.1, -0.05) is 50.3 Å². The highest BCUT2D eigenvalue weighted by Crippen LogP contribution is 2.51. The third-order valence-corrected chi connectivity index (χ3v) is 7.89. The van der Waals surface area contributed by atoms with Gasteiger partial charge >= 0.3 is 0 Å². The summed E-state index contributed by atoms with van der Waals surface area (Å²) in [5, 5.41) is 11.6. The summed E-state index contributed by atoms with van der Waals surface area (Å²) in [6.45, 7) is 3.95. The fraction of sp³-hybridized carbons (Fsp3) is 0.233. The molecule has 176 valence electrons. The Morgan fingerprint density at radius 1 is 1.08 bits per heavy atom. The van der Waals surface area contributed by atoms with Gasteiger partial charge in [-0.2, -0.15) is 5.26 Å². The summed E-state index contributed by atoms with van der Waals surface area (Å²) in [6.07, 6.45) is 6.67. The first-order valence-electron chi connectivity index (χ1n) is 12.1. The highest BCUT2D eigenvalue weighted by atomic mass is 19.1. The molecule has 2 aromatic heterocycles. The first kappa shape index (κ1) is 22.2. The minimum absolute atomic E-state index is 0.0115. The van der Waals surface area contributed by atoms with E-state index in [0.29, 0.717) is 23.5 Å².